The Morgan fingerprint density at radius 3 is 2.79 bits per heavy atom. The van der Waals surface area contributed by atoms with E-state index in [2.05, 4.69) is 17.3 Å². The summed E-state index contributed by atoms with van der Waals surface area (Å²) in [5.74, 6) is 0.630. The lowest BCUT2D eigenvalue weighted by Gasteiger charge is -2.33. The summed E-state index contributed by atoms with van der Waals surface area (Å²) in [7, 11) is -1.28. The van der Waals surface area contributed by atoms with Gasteiger partial charge in [0, 0.05) is 38.9 Å². The van der Waals surface area contributed by atoms with E-state index in [4.69, 9.17) is 9.47 Å². The van der Waals surface area contributed by atoms with Gasteiger partial charge in [-0.1, -0.05) is 25.5 Å². The number of nitrogens with zero attached hydrogens (tertiary/aromatic N) is 2. The van der Waals surface area contributed by atoms with Crippen molar-refractivity contribution in [3.05, 3.63) is 29.8 Å². The number of sulfonamides is 1. The summed E-state index contributed by atoms with van der Waals surface area (Å²) in [6, 6.07) is 7.63. The Morgan fingerprint density at radius 2 is 2.03 bits per heavy atom. The fourth-order valence-electron chi connectivity index (χ4n) is 4.54. The van der Waals surface area contributed by atoms with E-state index in [1.165, 1.54) is 4.31 Å². The third-order valence-electron chi connectivity index (χ3n) is 6.47. The van der Waals surface area contributed by atoms with Crippen molar-refractivity contribution in [2.24, 2.45) is 0 Å². The monoisotopic (exact) mass is 481 g/mol. The highest BCUT2D eigenvalue weighted by Crippen LogP contribution is 2.22. The molecule has 2 fully saturated rings. The molecule has 0 spiro atoms. The van der Waals surface area contributed by atoms with E-state index in [0.717, 1.165) is 56.8 Å². The van der Waals surface area contributed by atoms with Gasteiger partial charge >= 0.3 is 0 Å². The van der Waals surface area contributed by atoms with Crippen molar-refractivity contribution in [1.29, 1.82) is 0 Å². The Morgan fingerprint density at radius 1 is 1.24 bits per heavy atom. The molecule has 186 valence electrons. The maximum absolute atomic E-state index is 12.9. The summed E-state index contributed by atoms with van der Waals surface area (Å²) in [6.07, 6.45) is 4.90. The van der Waals surface area contributed by atoms with Crippen LogP contribution in [0.25, 0.3) is 0 Å². The molecule has 2 heterocycles. The lowest BCUT2D eigenvalue weighted by Crippen LogP contribution is -2.52. The number of hydrogen-bond donors (Lipinski definition) is 1. The summed E-state index contributed by atoms with van der Waals surface area (Å²) in [5, 5.41) is 2.94. The number of likely N-dealkylation sites (N-methyl/N-ethyl adjacent to an activating group) is 1. The van der Waals surface area contributed by atoms with Gasteiger partial charge < -0.3 is 14.8 Å². The van der Waals surface area contributed by atoms with E-state index in [1.807, 2.05) is 31.2 Å². The maximum atomic E-state index is 12.9. The van der Waals surface area contributed by atoms with Gasteiger partial charge in [0.1, 0.15) is 18.4 Å². The zero-order valence-corrected chi connectivity index (χ0v) is 20.8. The SMILES string of the molecule is CCCS(=O)(=O)N1CCCCC1C(=O)NCc1cccc(OCCN(C)C2CCOCC2)c1. The highest BCUT2D eigenvalue weighted by molar-refractivity contribution is 7.89. The number of benzene rings is 1. The zero-order chi connectivity index (χ0) is 23.7. The molecule has 1 aromatic carbocycles. The molecule has 0 bridgehead atoms. The van der Waals surface area contributed by atoms with Gasteiger partial charge in [0.05, 0.1) is 5.75 Å². The summed E-state index contributed by atoms with van der Waals surface area (Å²) >= 11 is 0. The van der Waals surface area contributed by atoms with Crippen LogP contribution >= 0.6 is 0 Å². The second kappa shape index (κ2) is 12.7. The fourth-order valence-corrected chi connectivity index (χ4v) is 6.29. The molecule has 2 aliphatic rings. The Labute approximate surface area is 198 Å². The highest BCUT2D eigenvalue weighted by atomic mass is 32.2. The van der Waals surface area contributed by atoms with E-state index >= 15 is 0 Å². The minimum atomic E-state index is -3.40. The number of piperidine rings is 1. The number of rotatable bonds is 11. The smallest absolute Gasteiger partial charge is 0.238 e. The van der Waals surface area contributed by atoms with Crippen LogP contribution in [-0.2, 0) is 26.1 Å². The highest BCUT2D eigenvalue weighted by Gasteiger charge is 2.35. The van der Waals surface area contributed by atoms with Crippen LogP contribution in [0.1, 0.15) is 51.0 Å². The molecule has 1 amide bonds. The average Bonchev–Trinajstić information content (AvgIpc) is 2.83. The minimum absolute atomic E-state index is 0.0832. The van der Waals surface area contributed by atoms with Gasteiger partial charge in [-0.05, 0) is 56.8 Å². The fraction of sp³-hybridized carbons (Fsp3) is 0.708. The average molecular weight is 482 g/mol. The van der Waals surface area contributed by atoms with Crippen LogP contribution in [0.2, 0.25) is 0 Å². The zero-order valence-electron chi connectivity index (χ0n) is 20.0. The van der Waals surface area contributed by atoms with Crippen molar-refractivity contribution >= 4 is 15.9 Å². The normalized spacial score (nSPS) is 20.6. The van der Waals surface area contributed by atoms with E-state index in [9.17, 15) is 13.2 Å². The van der Waals surface area contributed by atoms with Gasteiger partial charge in [0.15, 0.2) is 0 Å². The molecule has 0 radical (unpaired) electrons. The lowest BCUT2D eigenvalue weighted by atomic mass is 10.0. The van der Waals surface area contributed by atoms with E-state index in [1.54, 1.807) is 0 Å². The molecule has 33 heavy (non-hydrogen) atoms. The molecule has 0 aromatic heterocycles. The number of amides is 1. The topological polar surface area (TPSA) is 88.2 Å². The van der Waals surface area contributed by atoms with E-state index < -0.39 is 16.1 Å². The molecule has 1 N–H and O–H groups in total. The molecule has 0 saturated carbocycles. The molecule has 0 aliphatic carbocycles. The van der Waals surface area contributed by atoms with Crippen molar-refractivity contribution in [2.75, 3.05) is 45.7 Å². The number of hydrogen-bond acceptors (Lipinski definition) is 6. The van der Waals surface area contributed by atoms with Gasteiger partial charge in [-0.2, -0.15) is 4.31 Å². The van der Waals surface area contributed by atoms with Crippen LogP contribution in [0.15, 0.2) is 24.3 Å². The van der Waals surface area contributed by atoms with Crippen LogP contribution in [0.5, 0.6) is 5.75 Å². The van der Waals surface area contributed by atoms with Crippen LogP contribution in [0.3, 0.4) is 0 Å². The molecule has 3 rings (SSSR count). The molecule has 1 atom stereocenters. The van der Waals surface area contributed by atoms with Crippen molar-refractivity contribution in [3.63, 3.8) is 0 Å². The second-order valence-electron chi connectivity index (χ2n) is 8.98. The number of carbonyl (C=O) groups is 1. The van der Waals surface area contributed by atoms with Crippen LogP contribution in [0.4, 0.5) is 0 Å². The van der Waals surface area contributed by atoms with Crippen LogP contribution in [0, 0.1) is 0 Å². The number of ether oxygens (including phenoxy) is 2. The van der Waals surface area contributed by atoms with Crippen molar-refractivity contribution in [2.45, 2.75) is 64.1 Å². The summed E-state index contributed by atoms with van der Waals surface area (Å²) in [5.41, 5.74) is 0.928. The molecule has 2 aliphatic heterocycles. The molecule has 9 heteroatoms. The molecular weight excluding hydrogens is 442 g/mol. The van der Waals surface area contributed by atoms with Crippen molar-refractivity contribution in [1.82, 2.24) is 14.5 Å². The number of carbonyl (C=O) groups excluding carboxylic acids is 1. The molecule has 8 nitrogen and oxygen atoms in total. The molecule has 1 aromatic rings. The number of nitrogens with one attached hydrogen (secondary N) is 1. The van der Waals surface area contributed by atoms with Gasteiger partial charge in [-0.3, -0.25) is 9.69 Å². The summed E-state index contributed by atoms with van der Waals surface area (Å²) < 4.78 is 38.0. The first-order valence-corrected chi connectivity index (χ1v) is 13.8. The maximum Gasteiger partial charge on any atom is 0.238 e. The van der Waals surface area contributed by atoms with Crippen LogP contribution in [-0.4, -0.2) is 81.3 Å². The quantitative estimate of drug-likeness (QED) is 0.522. The van der Waals surface area contributed by atoms with Gasteiger partial charge in [0.25, 0.3) is 0 Å². The van der Waals surface area contributed by atoms with Crippen molar-refractivity contribution in [3.8, 4) is 5.75 Å². The summed E-state index contributed by atoms with van der Waals surface area (Å²) in [4.78, 5) is 15.2. The minimum Gasteiger partial charge on any atom is -0.492 e. The standard InChI is InChI=1S/C24H39N3O5S/c1-3-17-33(29,30)27-12-5-4-9-23(27)24(28)25-19-20-7-6-8-22(18-20)32-16-13-26(2)21-10-14-31-15-11-21/h6-8,18,21,23H,3-5,9-17,19H2,1-2H3,(H,25,28). The Bertz CT molecular complexity index is 857. The van der Waals surface area contributed by atoms with Gasteiger partial charge in [0.2, 0.25) is 15.9 Å². The van der Waals surface area contributed by atoms with E-state index in [0.29, 0.717) is 38.6 Å². The molecular formula is C24H39N3O5S. The van der Waals surface area contributed by atoms with Crippen molar-refractivity contribution < 1.29 is 22.7 Å². The molecule has 2 saturated heterocycles. The first-order valence-electron chi connectivity index (χ1n) is 12.2. The molecule has 1 unspecified atom stereocenters. The third-order valence-corrected chi connectivity index (χ3v) is 8.54. The first-order chi connectivity index (χ1) is 15.9. The predicted molar refractivity (Wildman–Crippen MR) is 129 cm³/mol. The summed E-state index contributed by atoms with van der Waals surface area (Å²) in [6.45, 7) is 5.70. The van der Waals surface area contributed by atoms with E-state index in [-0.39, 0.29) is 11.7 Å². The first kappa shape index (κ1) is 25.9. The Hall–Kier alpha value is -1.68. The second-order valence-corrected chi connectivity index (χ2v) is 11.0. The van der Waals surface area contributed by atoms with Crippen LogP contribution < -0.4 is 10.1 Å². The van der Waals surface area contributed by atoms with Gasteiger partial charge in [-0.15, -0.1) is 0 Å². The largest absolute Gasteiger partial charge is 0.492 e. The third kappa shape index (κ3) is 7.67. The lowest BCUT2D eigenvalue weighted by molar-refractivity contribution is -0.125. The predicted octanol–water partition coefficient (Wildman–Crippen LogP) is 2.39. The van der Waals surface area contributed by atoms with Gasteiger partial charge in [-0.25, -0.2) is 8.42 Å². The Balaban J connectivity index is 1.48. The Kier molecular flexibility index (Phi) is 9.97.